The van der Waals surface area contributed by atoms with E-state index in [0.29, 0.717) is 13.0 Å². The van der Waals surface area contributed by atoms with Gasteiger partial charge in [-0.2, -0.15) is 4.91 Å². The Labute approximate surface area is 77.9 Å². The Morgan fingerprint density at radius 2 is 2.46 bits per heavy atom. The molecule has 1 heterocycles. The molecule has 1 N–H and O–H groups in total. The van der Waals surface area contributed by atoms with Crippen molar-refractivity contribution in [1.29, 1.82) is 0 Å². The molecule has 1 aliphatic heterocycles. The third kappa shape index (κ3) is 2.77. The zero-order valence-corrected chi connectivity index (χ0v) is 7.63. The number of rotatable bonds is 2. The molecule has 4 nitrogen and oxygen atoms in total. The van der Waals surface area contributed by atoms with Gasteiger partial charge in [0.15, 0.2) is 0 Å². The van der Waals surface area contributed by atoms with Crippen LogP contribution in [0.3, 0.4) is 0 Å². The van der Waals surface area contributed by atoms with E-state index in [-0.39, 0.29) is 11.7 Å². The quantitative estimate of drug-likeness (QED) is 0.513. The van der Waals surface area contributed by atoms with Crippen molar-refractivity contribution < 1.29 is 5.02 Å². The van der Waals surface area contributed by atoms with E-state index in [4.69, 9.17) is 0 Å². The molecule has 1 aliphatic rings. The molecule has 13 heavy (non-hydrogen) atoms. The third-order valence-corrected chi connectivity index (χ3v) is 2.35. The highest BCUT2D eigenvalue weighted by atomic mass is 16.3. The Kier molecular flexibility index (Phi) is 3.83. The van der Waals surface area contributed by atoms with Crippen molar-refractivity contribution in [2.75, 3.05) is 6.54 Å². The van der Waals surface area contributed by atoms with E-state index >= 15 is 0 Å². The molecule has 1 rings (SSSR count). The Morgan fingerprint density at radius 3 is 3.15 bits per heavy atom. The molecule has 0 amide bonds. The van der Waals surface area contributed by atoms with Crippen molar-refractivity contribution >= 4 is 13.3 Å². The standard InChI is InChI=1S/C8H13BN2O2/c1-7-6-10-5-3-2-4-8(7)9(12)11-13/h2-3,5,7-8,12H,4,6H2,1H3/b3-2-,10-5?. The van der Waals surface area contributed by atoms with Gasteiger partial charge in [0.1, 0.15) is 0 Å². The van der Waals surface area contributed by atoms with Crippen molar-refractivity contribution in [3.05, 3.63) is 17.1 Å². The van der Waals surface area contributed by atoms with Gasteiger partial charge in [0.25, 0.3) is 0 Å². The molecule has 0 aliphatic carbocycles. The molecule has 0 aromatic heterocycles. The summed E-state index contributed by atoms with van der Waals surface area (Å²) in [6, 6.07) is 0. The van der Waals surface area contributed by atoms with E-state index in [9.17, 15) is 9.93 Å². The van der Waals surface area contributed by atoms with Crippen LogP contribution in [-0.2, 0) is 0 Å². The fraction of sp³-hybridized carbons (Fsp3) is 0.625. The van der Waals surface area contributed by atoms with Crippen LogP contribution < -0.4 is 0 Å². The molecule has 0 bridgehead atoms. The molecule has 0 aromatic carbocycles. The zero-order chi connectivity index (χ0) is 9.68. The van der Waals surface area contributed by atoms with Crippen LogP contribution in [0.4, 0.5) is 0 Å². The van der Waals surface area contributed by atoms with Crippen LogP contribution in [0, 0.1) is 10.8 Å². The average Bonchev–Trinajstić information content (AvgIpc) is 2.11. The number of hydrogen-bond acceptors (Lipinski definition) is 4. The van der Waals surface area contributed by atoms with E-state index in [1.807, 2.05) is 19.1 Å². The minimum Gasteiger partial charge on any atom is -0.429 e. The SMILES string of the molecule is CC1CN=C/C=C\CC1B(O)N=O. The van der Waals surface area contributed by atoms with Gasteiger partial charge in [0, 0.05) is 12.8 Å². The Balaban J connectivity index is 2.65. The van der Waals surface area contributed by atoms with Gasteiger partial charge in [-0.25, -0.2) is 0 Å². The van der Waals surface area contributed by atoms with Crippen molar-refractivity contribution in [2.45, 2.75) is 19.2 Å². The smallest absolute Gasteiger partial charge is 0.429 e. The average molecular weight is 180 g/mol. The molecule has 0 spiro atoms. The van der Waals surface area contributed by atoms with Crippen LogP contribution in [-0.4, -0.2) is 24.8 Å². The molecule has 2 unspecified atom stereocenters. The first-order valence-corrected chi connectivity index (χ1v) is 4.41. The largest absolute Gasteiger partial charge is 0.487 e. The minimum absolute atomic E-state index is 0.105. The third-order valence-electron chi connectivity index (χ3n) is 2.35. The summed E-state index contributed by atoms with van der Waals surface area (Å²) in [5.74, 6) is 0.0834. The van der Waals surface area contributed by atoms with Gasteiger partial charge in [-0.3, -0.25) is 4.99 Å². The lowest BCUT2D eigenvalue weighted by Gasteiger charge is -2.20. The predicted octanol–water partition coefficient (Wildman–Crippen LogP) is 1.27. The molecule has 0 radical (unpaired) electrons. The summed E-state index contributed by atoms with van der Waals surface area (Å²) < 4.78 is 0. The maximum absolute atomic E-state index is 10.2. The highest BCUT2D eigenvalue weighted by molar-refractivity contribution is 6.50. The minimum atomic E-state index is -1.10. The summed E-state index contributed by atoms with van der Waals surface area (Å²) in [5, 5.41) is 12.0. The van der Waals surface area contributed by atoms with E-state index in [2.05, 4.69) is 10.1 Å². The summed E-state index contributed by atoms with van der Waals surface area (Å²) in [7, 11) is -1.10. The van der Waals surface area contributed by atoms with Gasteiger partial charge < -0.3 is 5.02 Å². The lowest BCUT2D eigenvalue weighted by molar-refractivity contribution is 0.468. The fourth-order valence-corrected chi connectivity index (χ4v) is 1.45. The molecular formula is C8H13BN2O2. The van der Waals surface area contributed by atoms with Gasteiger partial charge in [-0.05, 0) is 24.2 Å². The number of hydrogen-bond donors (Lipinski definition) is 1. The van der Waals surface area contributed by atoms with Gasteiger partial charge >= 0.3 is 7.05 Å². The van der Waals surface area contributed by atoms with E-state index in [1.165, 1.54) is 0 Å². The predicted molar refractivity (Wildman–Crippen MR) is 53.8 cm³/mol. The van der Waals surface area contributed by atoms with Crippen LogP contribution in [0.2, 0.25) is 5.82 Å². The number of aliphatic imine (C=N–C) groups is 1. The maximum atomic E-state index is 10.2. The molecule has 70 valence electrons. The Hall–Kier alpha value is -0.965. The number of allylic oxidation sites excluding steroid dienone is 2. The summed E-state index contributed by atoms with van der Waals surface area (Å²) in [6.07, 6.45) is 6.15. The van der Waals surface area contributed by atoms with Crippen molar-refractivity contribution in [2.24, 2.45) is 16.0 Å². The van der Waals surface area contributed by atoms with Gasteiger partial charge in [-0.1, -0.05) is 18.1 Å². The summed E-state index contributed by atoms with van der Waals surface area (Å²) in [4.78, 5) is 14.3. The van der Waals surface area contributed by atoms with Crippen LogP contribution in [0.1, 0.15) is 13.3 Å². The second-order valence-corrected chi connectivity index (χ2v) is 3.34. The normalized spacial score (nSPS) is 30.3. The molecule has 0 aromatic rings. The van der Waals surface area contributed by atoms with Crippen LogP contribution in [0.25, 0.3) is 0 Å². The summed E-state index contributed by atoms with van der Waals surface area (Å²) in [5.41, 5.74) is 0. The first kappa shape index (κ1) is 10.1. The molecule has 0 saturated carbocycles. The van der Waals surface area contributed by atoms with E-state index in [1.54, 1.807) is 6.21 Å². The fourth-order valence-electron chi connectivity index (χ4n) is 1.45. The van der Waals surface area contributed by atoms with Gasteiger partial charge in [0.2, 0.25) is 0 Å². The van der Waals surface area contributed by atoms with Crippen molar-refractivity contribution in [1.82, 2.24) is 0 Å². The molecule has 2 atom stereocenters. The lowest BCUT2D eigenvalue weighted by atomic mass is 9.61. The Morgan fingerprint density at radius 1 is 1.69 bits per heavy atom. The van der Waals surface area contributed by atoms with Crippen LogP contribution in [0.5, 0.6) is 0 Å². The molecular weight excluding hydrogens is 167 g/mol. The number of nitroso groups, excluding NO2 is 1. The first-order chi connectivity index (χ1) is 6.25. The monoisotopic (exact) mass is 180 g/mol. The van der Waals surface area contributed by atoms with Gasteiger partial charge in [-0.15, -0.1) is 0 Å². The highest BCUT2D eigenvalue weighted by Gasteiger charge is 2.30. The van der Waals surface area contributed by atoms with Crippen LogP contribution in [0.15, 0.2) is 22.2 Å². The Bertz CT molecular complexity index is 230. The molecule has 0 saturated heterocycles. The summed E-state index contributed by atoms with van der Waals surface area (Å²) in [6.45, 7) is 2.61. The van der Waals surface area contributed by atoms with E-state index in [0.717, 1.165) is 0 Å². The summed E-state index contributed by atoms with van der Waals surface area (Å²) >= 11 is 0. The second-order valence-electron chi connectivity index (χ2n) is 3.34. The molecule has 0 fully saturated rings. The van der Waals surface area contributed by atoms with Crippen molar-refractivity contribution in [3.63, 3.8) is 0 Å². The maximum Gasteiger partial charge on any atom is 0.487 e. The topological polar surface area (TPSA) is 62.0 Å². The van der Waals surface area contributed by atoms with Crippen LogP contribution >= 0.6 is 0 Å². The number of nitrogens with zero attached hydrogens (tertiary/aromatic N) is 2. The molecule has 5 heteroatoms. The van der Waals surface area contributed by atoms with Gasteiger partial charge in [0.05, 0.1) is 0 Å². The first-order valence-electron chi connectivity index (χ1n) is 4.41. The van der Waals surface area contributed by atoms with E-state index < -0.39 is 7.05 Å². The lowest BCUT2D eigenvalue weighted by Crippen LogP contribution is -2.25. The highest BCUT2D eigenvalue weighted by Crippen LogP contribution is 2.26. The second kappa shape index (κ2) is 4.92. The van der Waals surface area contributed by atoms with Crippen molar-refractivity contribution in [3.8, 4) is 0 Å². The zero-order valence-electron chi connectivity index (χ0n) is 7.63.